The van der Waals surface area contributed by atoms with Crippen LogP contribution in [0.3, 0.4) is 0 Å². The number of hydrogen-bond donors (Lipinski definition) is 1. The smallest absolute Gasteiger partial charge is 0.376 e. The largest absolute Gasteiger partial charge is 0.416 e. The molecule has 1 atom stereocenters. The molecule has 0 aliphatic carbocycles. The normalized spacial score (nSPS) is 21.8. The molecule has 1 amide bonds. The van der Waals surface area contributed by atoms with Crippen LogP contribution in [-0.2, 0) is 15.7 Å². The van der Waals surface area contributed by atoms with Gasteiger partial charge in [0.05, 0.1) is 36.2 Å². The highest BCUT2D eigenvalue weighted by atomic mass is 19.4. The van der Waals surface area contributed by atoms with Crippen LogP contribution in [0.2, 0.25) is 0 Å². The zero-order valence-electron chi connectivity index (χ0n) is 14.8. The number of anilines is 2. The minimum Gasteiger partial charge on any atom is -0.376 e. The number of halogens is 3. The lowest BCUT2D eigenvalue weighted by Crippen LogP contribution is -2.44. The van der Waals surface area contributed by atoms with Crippen molar-refractivity contribution in [3.05, 3.63) is 23.8 Å². The summed E-state index contributed by atoms with van der Waals surface area (Å²) in [5, 5.41) is 2.70. The molecule has 0 unspecified atom stereocenters. The molecule has 144 valence electrons. The zero-order valence-corrected chi connectivity index (χ0v) is 14.8. The van der Waals surface area contributed by atoms with Crippen molar-refractivity contribution in [3.8, 4) is 0 Å². The quantitative estimate of drug-likeness (QED) is 0.884. The molecule has 0 spiro atoms. The lowest BCUT2D eigenvalue weighted by atomic mass is 10.1. The van der Waals surface area contributed by atoms with Gasteiger partial charge < -0.3 is 15.0 Å². The lowest BCUT2D eigenvalue weighted by Gasteiger charge is -2.30. The maximum absolute atomic E-state index is 13.1. The molecule has 26 heavy (non-hydrogen) atoms. The molecule has 2 fully saturated rings. The minimum absolute atomic E-state index is 0.0465. The molecule has 0 aromatic heterocycles. The van der Waals surface area contributed by atoms with Crippen molar-refractivity contribution in [1.82, 2.24) is 4.90 Å². The molecule has 2 aliphatic heterocycles. The molecule has 0 saturated carbocycles. The SMILES string of the molecule is C[C@H]1CN(CC(=O)Nc2cc(C(F)(F)F)ccc2N2CCCC2)CCO1. The van der Waals surface area contributed by atoms with Gasteiger partial charge in [-0.15, -0.1) is 0 Å². The Morgan fingerprint density at radius 3 is 2.65 bits per heavy atom. The van der Waals surface area contributed by atoms with Crippen LogP contribution in [0.25, 0.3) is 0 Å². The van der Waals surface area contributed by atoms with Crippen LogP contribution in [0.15, 0.2) is 18.2 Å². The number of rotatable bonds is 4. The second-order valence-electron chi connectivity index (χ2n) is 6.89. The summed E-state index contributed by atoms with van der Waals surface area (Å²) in [4.78, 5) is 16.4. The fourth-order valence-corrected chi connectivity index (χ4v) is 3.47. The first-order valence-corrected chi connectivity index (χ1v) is 8.93. The third kappa shape index (κ3) is 4.67. The minimum atomic E-state index is -4.44. The first-order valence-electron chi connectivity index (χ1n) is 8.93. The van der Waals surface area contributed by atoms with Gasteiger partial charge in [-0.1, -0.05) is 0 Å². The van der Waals surface area contributed by atoms with Gasteiger partial charge in [0.15, 0.2) is 0 Å². The van der Waals surface area contributed by atoms with Gasteiger partial charge in [-0.2, -0.15) is 13.2 Å². The highest BCUT2D eigenvalue weighted by Gasteiger charge is 2.32. The molecular weight excluding hydrogens is 347 g/mol. The van der Waals surface area contributed by atoms with Crippen molar-refractivity contribution in [3.63, 3.8) is 0 Å². The van der Waals surface area contributed by atoms with Gasteiger partial charge in [0.2, 0.25) is 5.91 Å². The van der Waals surface area contributed by atoms with Crippen molar-refractivity contribution >= 4 is 17.3 Å². The van der Waals surface area contributed by atoms with E-state index in [1.54, 1.807) is 0 Å². The Morgan fingerprint density at radius 1 is 1.27 bits per heavy atom. The molecule has 2 saturated heterocycles. The first-order chi connectivity index (χ1) is 12.3. The predicted molar refractivity (Wildman–Crippen MR) is 93.4 cm³/mol. The summed E-state index contributed by atoms with van der Waals surface area (Å²) >= 11 is 0. The number of carbonyl (C=O) groups excluding carboxylic acids is 1. The lowest BCUT2D eigenvalue weighted by molar-refractivity contribution is -0.137. The number of benzene rings is 1. The summed E-state index contributed by atoms with van der Waals surface area (Å²) in [6.07, 6.45) is -2.40. The Morgan fingerprint density at radius 2 is 2.00 bits per heavy atom. The first kappa shape index (κ1) is 19.0. The number of ether oxygens (including phenoxy) is 1. The topological polar surface area (TPSA) is 44.8 Å². The second-order valence-corrected chi connectivity index (χ2v) is 6.89. The third-order valence-electron chi connectivity index (χ3n) is 4.74. The molecule has 2 aliphatic rings. The van der Waals surface area contributed by atoms with Crippen LogP contribution in [0, 0.1) is 0 Å². The molecule has 0 radical (unpaired) electrons. The summed E-state index contributed by atoms with van der Waals surface area (Å²) in [6.45, 7) is 5.47. The van der Waals surface area contributed by atoms with E-state index in [1.807, 2.05) is 16.7 Å². The van der Waals surface area contributed by atoms with E-state index >= 15 is 0 Å². The van der Waals surface area contributed by atoms with Crippen LogP contribution >= 0.6 is 0 Å². The maximum atomic E-state index is 13.1. The van der Waals surface area contributed by atoms with Crippen molar-refractivity contribution in [1.29, 1.82) is 0 Å². The van der Waals surface area contributed by atoms with Gasteiger partial charge >= 0.3 is 6.18 Å². The van der Waals surface area contributed by atoms with Gasteiger partial charge in [-0.3, -0.25) is 9.69 Å². The van der Waals surface area contributed by atoms with Crippen LogP contribution in [0.4, 0.5) is 24.5 Å². The molecule has 8 heteroatoms. The standard InChI is InChI=1S/C18H24F3N3O2/c1-13-11-23(8-9-26-13)12-17(25)22-15-10-14(18(19,20)21)4-5-16(15)24-6-2-3-7-24/h4-5,10,13H,2-3,6-9,11-12H2,1H3,(H,22,25)/t13-/m0/s1. The Hall–Kier alpha value is -1.80. The van der Waals surface area contributed by atoms with Gasteiger partial charge in [-0.25, -0.2) is 0 Å². The van der Waals surface area contributed by atoms with E-state index in [2.05, 4.69) is 5.32 Å². The summed E-state index contributed by atoms with van der Waals surface area (Å²) in [5.41, 5.74) is 0.128. The summed E-state index contributed by atoms with van der Waals surface area (Å²) in [6, 6.07) is 3.57. The molecule has 1 N–H and O–H groups in total. The fraction of sp³-hybridized carbons (Fsp3) is 0.611. The molecular formula is C18H24F3N3O2. The third-order valence-corrected chi connectivity index (χ3v) is 4.74. The number of nitrogens with zero attached hydrogens (tertiary/aromatic N) is 2. The summed E-state index contributed by atoms with van der Waals surface area (Å²) in [7, 11) is 0. The number of alkyl halides is 3. The summed E-state index contributed by atoms with van der Waals surface area (Å²) in [5.74, 6) is -0.307. The molecule has 2 heterocycles. The highest BCUT2D eigenvalue weighted by Crippen LogP contribution is 2.36. The van der Waals surface area contributed by atoms with Gasteiger partial charge in [0.25, 0.3) is 0 Å². The van der Waals surface area contributed by atoms with Crippen molar-refractivity contribution < 1.29 is 22.7 Å². The fourth-order valence-electron chi connectivity index (χ4n) is 3.47. The second kappa shape index (κ2) is 7.84. The Kier molecular flexibility index (Phi) is 5.72. The number of morpholine rings is 1. The van der Waals surface area contributed by atoms with Gasteiger partial charge in [0, 0.05) is 26.2 Å². The number of nitrogens with one attached hydrogen (secondary N) is 1. The van der Waals surface area contributed by atoms with Crippen LogP contribution in [0.1, 0.15) is 25.3 Å². The predicted octanol–water partition coefficient (Wildman–Crippen LogP) is 2.96. The van der Waals surface area contributed by atoms with Gasteiger partial charge in [-0.05, 0) is 38.0 Å². The number of amides is 1. The van der Waals surface area contributed by atoms with E-state index < -0.39 is 11.7 Å². The van der Waals surface area contributed by atoms with Crippen molar-refractivity contribution in [2.24, 2.45) is 0 Å². The van der Waals surface area contributed by atoms with Crippen LogP contribution in [0.5, 0.6) is 0 Å². The van der Waals surface area contributed by atoms with E-state index in [0.29, 0.717) is 25.4 Å². The summed E-state index contributed by atoms with van der Waals surface area (Å²) < 4.78 is 44.7. The number of hydrogen-bond acceptors (Lipinski definition) is 4. The Labute approximate surface area is 151 Å². The molecule has 5 nitrogen and oxygen atoms in total. The maximum Gasteiger partial charge on any atom is 0.416 e. The highest BCUT2D eigenvalue weighted by molar-refractivity contribution is 5.95. The molecule has 0 bridgehead atoms. The molecule has 3 rings (SSSR count). The Balaban J connectivity index is 1.76. The van der Waals surface area contributed by atoms with E-state index in [-0.39, 0.29) is 24.2 Å². The zero-order chi connectivity index (χ0) is 18.7. The average Bonchev–Trinajstić information content (AvgIpc) is 3.08. The molecule has 1 aromatic carbocycles. The van der Waals surface area contributed by atoms with Crippen molar-refractivity contribution in [2.75, 3.05) is 49.5 Å². The monoisotopic (exact) mass is 371 g/mol. The van der Waals surface area contributed by atoms with E-state index in [9.17, 15) is 18.0 Å². The average molecular weight is 371 g/mol. The van der Waals surface area contributed by atoms with Crippen LogP contribution in [-0.4, -0.2) is 56.2 Å². The molecule has 1 aromatic rings. The van der Waals surface area contributed by atoms with E-state index in [4.69, 9.17) is 4.74 Å². The van der Waals surface area contributed by atoms with Crippen molar-refractivity contribution in [2.45, 2.75) is 32.0 Å². The number of carbonyl (C=O) groups is 1. The van der Waals surface area contributed by atoms with Crippen LogP contribution < -0.4 is 10.2 Å². The van der Waals surface area contributed by atoms with E-state index in [1.165, 1.54) is 6.07 Å². The van der Waals surface area contributed by atoms with Gasteiger partial charge in [0.1, 0.15) is 0 Å². The Bertz CT molecular complexity index is 645. The van der Waals surface area contributed by atoms with E-state index in [0.717, 1.165) is 38.1 Å².